The van der Waals surface area contributed by atoms with Crippen LogP contribution in [0.4, 0.5) is 0 Å². The number of phenolic OH excluding ortho intramolecular Hbond substituents is 1. The molecule has 0 spiro atoms. The lowest BCUT2D eigenvalue weighted by Crippen LogP contribution is -1.83. The summed E-state index contributed by atoms with van der Waals surface area (Å²) in [6.45, 7) is 0. The predicted octanol–water partition coefficient (Wildman–Crippen LogP) is 4.21. The molecule has 0 heterocycles. The molecule has 0 aliphatic carbocycles. The summed E-state index contributed by atoms with van der Waals surface area (Å²) in [6.07, 6.45) is 0. The van der Waals surface area contributed by atoms with E-state index in [2.05, 4.69) is 0 Å². The summed E-state index contributed by atoms with van der Waals surface area (Å²) >= 11 is 7.37. The molecular weight excluding hydrogens is 256 g/mol. The van der Waals surface area contributed by atoms with Gasteiger partial charge < -0.3 is 9.84 Å². The molecule has 17 heavy (non-hydrogen) atoms. The molecule has 0 saturated carbocycles. The molecule has 4 heteroatoms. The van der Waals surface area contributed by atoms with Crippen LogP contribution in [-0.2, 0) is 0 Å². The smallest absolute Gasteiger partial charge is 0.160 e. The minimum absolute atomic E-state index is 0.145. The zero-order valence-electron chi connectivity index (χ0n) is 9.18. The van der Waals surface area contributed by atoms with Crippen molar-refractivity contribution in [3.8, 4) is 11.5 Å². The fraction of sp³-hybridized carbons (Fsp3) is 0.0769. The molecule has 0 unspecified atom stereocenters. The van der Waals surface area contributed by atoms with E-state index in [0.29, 0.717) is 10.8 Å². The molecule has 0 aliphatic heterocycles. The third-order valence-electron chi connectivity index (χ3n) is 2.20. The van der Waals surface area contributed by atoms with Crippen LogP contribution in [-0.4, -0.2) is 12.2 Å². The van der Waals surface area contributed by atoms with Gasteiger partial charge in [-0.25, -0.2) is 0 Å². The van der Waals surface area contributed by atoms with Gasteiger partial charge in [0.05, 0.1) is 7.11 Å². The van der Waals surface area contributed by atoms with E-state index in [4.69, 9.17) is 16.3 Å². The van der Waals surface area contributed by atoms with Crippen molar-refractivity contribution in [2.45, 2.75) is 9.79 Å². The Morgan fingerprint density at radius 3 is 2.29 bits per heavy atom. The zero-order chi connectivity index (χ0) is 12.3. The summed E-state index contributed by atoms with van der Waals surface area (Å²) in [6, 6.07) is 12.9. The van der Waals surface area contributed by atoms with Crippen LogP contribution < -0.4 is 4.74 Å². The molecule has 0 radical (unpaired) electrons. The predicted molar refractivity (Wildman–Crippen MR) is 70.2 cm³/mol. The van der Waals surface area contributed by atoms with Gasteiger partial charge >= 0.3 is 0 Å². The molecule has 2 aromatic rings. The summed E-state index contributed by atoms with van der Waals surface area (Å²) in [5.41, 5.74) is 0. The summed E-state index contributed by atoms with van der Waals surface area (Å²) in [5, 5.41) is 10.4. The van der Waals surface area contributed by atoms with Crippen LogP contribution in [0.5, 0.6) is 11.5 Å². The lowest BCUT2D eigenvalue weighted by molar-refractivity contribution is 0.372. The fourth-order valence-electron chi connectivity index (χ4n) is 1.37. The second-order valence-corrected chi connectivity index (χ2v) is 4.97. The minimum atomic E-state index is 0.145. The maximum atomic E-state index is 9.65. The Labute approximate surface area is 109 Å². The molecule has 88 valence electrons. The van der Waals surface area contributed by atoms with E-state index >= 15 is 0 Å². The number of hydrogen-bond acceptors (Lipinski definition) is 3. The molecule has 0 fully saturated rings. The first-order valence-corrected chi connectivity index (χ1v) is 6.19. The highest BCUT2D eigenvalue weighted by Gasteiger charge is 2.03. The number of aromatic hydroxyl groups is 1. The highest BCUT2D eigenvalue weighted by Crippen LogP contribution is 2.34. The van der Waals surface area contributed by atoms with E-state index in [9.17, 15) is 5.11 Å². The summed E-state index contributed by atoms with van der Waals surface area (Å²) in [4.78, 5) is 2.02. The largest absolute Gasteiger partial charge is 0.504 e. The van der Waals surface area contributed by atoms with Gasteiger partial charge in [-0.15, -0.1) is 0 Å². The van der Waals surface area contributed by atoms with Gasteiger partial charge in [-0.1, -0.05) is 23.4 Å². The standard InChI is InChI=1S/C13H11ClO2S/c1-16-13-7-6-11(8-12(13)15)17-10-4-2-9(14)3-5-10/h2-8,15H,1H3. The summed E-state index contributed by atoms with van der Waals surface area (Å²) in [5.74, 6) is 0.622. The van der Waals surface area contributed by atoms with Gasteiger partial charge in [-0.3, -0.25) is 0 Å². The van der Waals surface area contributed by atoms with Crippen LogP contribution in [0.2, 0.25) is 5.02 Å². The molecular formula is C13H11ClO2S. The van der Waals surface area contributed by atoms with E-state index in [1.807, 2.05) is 30.3 Å². The van der Waals surface area contributed by atoms with E-state index in [1.54, 1.807) is 23.9 Å². The minimum Gasteiger partial charge on any atom is -0.504 e. The van der Waals surface area contributed by atoms with E-state index in [1.165, 1.54) is 7.11 Å². The van der Waals surface area contributed by atoms with Gasteiger partial charge in [0.15, 0.2) is 11.5 Å². The molecule has 0 amide bonds. The quantitative estimate of drug-likeness (QED) is 0.903. The normalized spacial score (nSPS) is 10.2. The van der Waals surface area contributed by atoms with Gasteiger partial charge in [-0.05, 0) is 42.5 Å². The molecule has 1 N–H and O–H groups in total. The number of benzene rings is 2. The Bertz CT molecular complexity index is 511. The molecule has 0 bridgehead atoms. The number of phenols is 1. The first-order valence-electron chi connectivity index (χ1n) is 4.99. The molecule has 2 nitrogen and oxygen atoms in total. The average molecular weight is 267 g/mol. The Hall–Kier alpha value is -1.32. The number of halogens is 1. The molecule has 0 aliphatic rings. The van der Waals surface area contributed by atoms with Gasteiger partial charge in [-0.2, -0.15) is 0 Å². The van der Waals surface area contributed by atoms with Crippen LogP contribution >= 0.6 is 23.4 Å². The number of methoxy groups -OCH3 is 1. The second-order valence-electron chi connectivity index (χ2n) is 3.39. The number of hydrogen-bond donors (Lipinski definition) is 1. The van der Waals surface area contributed by atoms with Crippen molar-refractivity contribution in [1.29, 1.82) is 0 Å². The molecule has 0 atom stereocenters. The molecule has 2 aromatic carbocycles. The number of rotatable bonds is 3. The maximum absolute atomic E-state index is 9.65. The number of ether oxygens (including phenoxy) is 1. The van der Waals surface area contributed by atoms with Gasteiger partial charge in [0.25, 0.3) is 0 Å². The van der Waals surface area contributed by atoms with Crippen molar-refractivity contribution in [3.05, 3.63) is 47.5 Å². The third-order valence-corrected chi connectivity index (χ3v) is 3.45. The Kier molecular flexibility index (Phi) is 3.82. The van der Waals surface area contributed by atoms with Crippen molar-refractivity contribution < 1.29 is 9.84 Å². The summed E-state index contributed by atoms with van der Waals surface area (Å²) < 4.78 is 4.99. The molecule has 0 saturated heterocycles. The maximum Gasteiger partial charge on any atom is 0.160 e. The Morgan fingerprint density at radius 2 is 1.71 bits per heavy atom. The lowest BCUT2D eigenvalue weighted by Gasteiger charge is -2.06. The Morgan fingerprint density at radius 1 is 1.06 bits per heavy atom. The van der Waals surface area contributed by atoms with E-state index in [0.717, 1.165) is 9.79 Å². The van der Waals surface area contributed by atoms with Crippen LogP contribution in [0.3, 0.4) is 0 Å². The highest BCUT2D eigenvalue weighted by molar-refractivity contribution is 7.99. The first kappa shape index (κ1) is 12.1. The van der Waals surface area contributed by atoms with Crippen molar-refractivity contribution in [2.75, 3.05) is 7.11 Å². The van der Waals surface area contributed by atoms with Crippen LogP contribution in [0.25, 0.3) is 0 Å². The third kappa shape index (κ3) is 3.08. The van der Waals surface area contributed by atoms with Crippen LogP contribution in [0.1, 0.15) is 0 Å². The average Bonchev–Trinajstić information content (AvgIpc) is 2.32. The van der Waals surface area contributed by atoms with Crippen molar-refractivity contribution in [2.24, 2.45) is 0 Å². The summed E-state index contributed by atoms with van der Waals surface area (Å²) in [7, 11) is 1.53. The fourth-order valence-corrected chi connectivity index (χ4v) is 2.35. The zero-order valence-corrected chi connectivity index (χ0v) is 10.8. The Balaban J connectivity index is 2.19. The lowest BCUT2D eigenvalue weighted by atomic mass is 10.3. The first-order chi connectivity index (χ1) is 8.19. The van der Waals surface area contributed by atoms with Crippen LogP contribution in [0.15, 0.2) is 52.3 Å². The van der Waals surface area contributed by atoms with Gasteiger partial charge in [0, 0.05) is 14.8 Å². The van der Waals surface area contributed by atoms with Gasteiger partial charge in [0.2, 0.25) is 0 Å². The second kappa shape index (κ2) is 5.34. The van der Waals surface area contributed by atoms with Gasteiger partial charge in [0.1, 0.15) is 0 Å². The SMILES string of the molecule is COc1ccc(Sc2ccc(Cl)cc2)cc1O. The van der Waals surface area contributed by atoms with Crippen molar-refractivity contribution >= 4 is 23.4 Å². The highest BCUT2D eigenvalue weighted by atomic mass is 35.5. The van der Waals surface area contributed by atoms with E-state index < -0.39 is 0 Å². The monoisotopic (exact) mass is 266 g/mol. The van der Waals surface area contributed by atoms with Crippen molar-refractivity contribution in [1.82, 2.24) is 0 Å². The molecule has 0 aromatic heterocycles. The van der Waals surface area contributed by atoms with Crippen LogP contribution in [0, 0.1) is 0 Å². The van der Waals surface area contributed by atoms with E-state index in [-0.39, 0.29) is 5.75 Å². The topological polar surface area (TPSA) is 29.5 Å². The molecule has 2 rings (SSSR count). The van der Waals surface area contributed by atoms with Crippen molar-refractivity contribution in [3.63, 3.8) is 0 Å².